The molecule has 0 saturated carbocycles. The molecule has 0 fully saturated rings. The first-order valence-electron chi connectivity index (χ1n) is 7.58. The van der Waals surface area contributed by atoms with Gasteiger partial charge < -0.3 is 5.32 Å². The number of anilines is 3. The minimum Gasteiger partial charge on any atom is -0.320 e. The first-order chi connectivity index (χ1) is 11.1. The average Bonchev–Trinajstić information content (AvgIpc) is 2.74. The summed E-state index contributed by atoms with van der Waals surface area (Å²) in [5.74, 6) is 0.550. The fourth-order valence-corrected chi connectivity index (χ4v) is 4.49. The Morgan fingerprint density at radius 3 is 2.54 bits per heavy atom. The number of rotatable bonds is 5. The minimum atomic E-state index is -3.16. The third-order valence-corrected chi connectivity index (χ3v) is 5.65. The number of aromatic nitrogens is 1. The van der Waals surface area contributed by atoms with Crippen molar-refractivity contribution in [2.45, 2.75) is 13.3 Å². The predicted octanol–water partition coefficient (Wildman–Crippen LogP) is 3.96. The molecule has 1 aliphatic rings. The zero-order valence-electron chi connectivity index (χ0n) is 13.7. The van der Waals surface area contributed by atoms with Crippen molar-refractivity contribution in [2.24, 2.45) is 0 Å². The third-order valence-electron chi connectivity index (χ3n) is 3.81. The highest BCUT2D eigenvalue weighted by Gasteiger charge is 2.41. The van der Waals surface area contributed by atoms with Gasteiger partial charge in [0.1, 0.15) is 0 Å². The molecule has 0 amide bonds. The van der Waals surface area contributed by atoms with Gasteiger partial charge in [0, 0.05) is 12.7 Å². The van der Waals surface area contributed by atoms with Crippen LogP contribution in [-0.2, 0) is 0 Å². The molecule has 0 bridgehead atoms. The molecule has 2 aromatic rings. The van der Waals surface area contributed by atoms with Crippen LogP contribution in [0, 0.1) is 6.92 Å². The summed E-state index contributed by atoms with van der Waals surface area (Å²) in [5.41, 5.74) is 2.62. The van der Waals surface area contributed by atoms with Crippen LogP contribution in [0.1, 0.15) is 12.0 Å². The molecule has 0 spiro atoms. The first-order valence-corrected chi connectivity index (χ1v) is 9.04. The van der Waals surface area contributed by atoms with Gasteiger partial charge in [-0.15, -0.1) is 12.4 Å². The summed E-state index contributed by atoms with van der Waals surface area (Å²) >= 11 is 0. The van der Waals surface area contributed by atoms with Crippen LogP contribution in [0.5, 0.6) is 0 Å². The van der Waals surface area contributed by atoms with Gasteiger partial charge in [0.15, 0.2) is 5.82 Å². The summed E-state index contributed by atoms with van der Waals surface area (Å²) < 4.78 is 25.1. The fourth-order valence-electron chi connectivity index (χ4n) is 2.73. The van der Waals surface area contributed by atoms with Gasteiger partial charge in [-0.3, -0.25) is 13.4 Å². The summed E-state index contributed by atoms with van der Waals surface area (Å²) in [5, 5.41) is 3.09. The molecule has 6 nitrogen and oxygen atoms in total. The number of nitrogens with one attached hydrogen (secondary N) is 1. The van der Waals surface area contributed by atoms with Crippen molar-refractivity contribution in [3.05, 3.63) is 48.2 Å². The maximum absolute atomic E-state index is 10.9. The Kier molecular flexibility index (Phi) is 5.95. The number of pyridine rings is 1. The zero-order chi connectivity index (χ0) is 16.4. The van der Waals surface area contributed by atoms with Crippen LogP contribution >= 0.6 is 23.4 Å². The van der Waals surface area contributed by atoms with E-state index in [0.717, 1.165) is 29.9 Å². The van der Waals surface area contributed by atoms with E-state index in [1.165, 1.54) is 0 Å². The van der Waals surface area contributed by atoms with Crippen LogP contribution in [0.15, 0.2) is 42.6 Å². The van der Waals surface area contributed by atoms with Crippen LogP contribution in [0.3, 0.4) is 0 Å². The monoisotopic (exact) mass is 370 g/mol. The fraction of sp³-hybridized carbons (Fsp3) is 0.312. The van der Waals surface area contributed by atoms with Gasteiger partial charge in [0.05, 0.1) is 11.4 Å². The second-order valence-electron chi connectivity index (χ2n) is 5.52. The zero-order valence-corrected chi connectivity index (χ0v) is 15.3. The van der Waals surface area contributed by atoms with E-state index in [4.69, 9.17) is 0 Å². The van der Waals surface area contributed by atoms with Crippen molar-refractivity contribution in [1.29, 1.82) is 0 Å². The number of hydrogen-bond acceptors (Lipinski definition) is 6. The molecule has 3 N–H and O–H groups in total. The highest BCUT2D eigenvalue weighted by atomic mass is 35.5. The van der Waals surface area contributed by atoms with Gasteiger partial charge in [-0.25, -0.2) is 9.29 Å². The summed E-state index contributed by atoms with van der Waals surface area (Å²) in [6, 6.07) is 11.4. The lowest BCUT2D eigenvalue weighted by molar-refractivity contribution is 0.483. The number of benzene rings is 1. The van der Waals surface area contributed by atoms with Crippen LogP contribution in [0.4, 0.5) is 17.2 Å². The highest BCUT2D eigenvalue weighted by Crippen LogP contribution is 2.63. The van der Waals surface area contributed by atoms with Crippen LogP contribution in [0.2, 0.25) is 0 Å². The van der Waals surface area contributed by atoms with E-state index >= 15 is 0 Å². The summed E-state index contributed by atoms with van der Waals surface area (Å²) in [6.07, 6.45) is 2.50. The molecule has 0 unspecified atom stereocenters. The molecule has 8 heteroatoms. The second kappa shape index (κ2) is 7.58. The number of nitrogens with zero attached hydrogens (tertiary/aromatic N) is 3. The van der Waals surface area contributed by atoms with Gasteiger partial charge in [-0.2, -0.15) is 0 Å². The summed E-state index contributed by atoms with van der Waals surface area (Å²) in [7, 11) is -1.27. The molecule has 1 aromatic heterocycles. The largest absolute Gasteiger partial charge is 0.320 e. The Labute approximate surface area is 150 Å². The molecule has 132 valence electrons. The molecule has 0 saturated heterocycles. The third kappa shape index (κ3) is 3.31. The Hall–Kier alpha value is -1.51. The molecule has 2 heterocycles. The lowest BCUT2D eigenvalue weighted by Crippen LogP contribution is -2.33. The van der Waals surface area contributed by atoms with Crippen LogP contribution < -0.4 is 13.9 Å². The maximum Gasteiger partial charge on any atom is 0.153 e. The summed E-state index contributed by atoms with van der Waals surface area (Å²) in [6.45, 7) is 3.34. The smallest absolute Gasteiger partial charge is 0.153 e. The van der Waals surface area contributed by atoms with Crippen LogP contribution in [0.25, 0.3) is 0 Å². The van der Waals surface area contributed by atoms with Gasteiger partial charge >= 0.3 is 0 Å². The van der Waals surface area contributed by atoms with E-state index in [0.29, 0.717) is 12.4 Å². The van der Waals surface area contributed by atoms with Crippen molar-refractivity contribution in [2.75, 3.05) is 28.7 Å². The standard InChI is InChI=1S/C16H22N4O2S.ClH/c1-13-8-10-18-16(12-13)20-15-7-4-3-6-14(15)19(23(20,21)22)11-5-9-17-2;/h3-4,6-8,10,12,17,21-22H,5,9,11H2,1-2H3;1H. The SMILES string of the molecule is CNCCCN1c2ccccc2N(c2cc(C)ccn2)S1(O)O.Cl. The van der Waals surface area contributed by atoms with Crippen molar-refractivity contribution >= 4 is 40.6 Å². The number of halogens is 1. The topological polar surface area (TPSA) is 71.9 Å². The predicted molar refractivity (Wildman–Crippen MR) is 104 cm³/mol. The molecular formula is C16H23ClN4O2S. The van der Waals surface area contributed by atoms with Gasteiger partial charge in [0.2, 0.25) is 0 Å². The van der Waals surface area contributed by atoms with E-state index in [2.05, 4.69) is 10.3 Å². The molecule has 1 aromatic carbocycles. The maximum atomic E-state index is 10.9. The number of aryl methyl sites for hydroxylation is 1. The Balaban J connectivity index is 0.00000208. The highest BCUT2D eigenvalue weighted by molar-refractivity contribution is 8.27. The molecule has 0 aliphatic carbocycles. The van der Waals surface area contributed by atoms with Gasteiger partial charge in [0.25, 0.3) is 0 Å². The quantitative estimate of drug-likeness (QED) is 0.692. The van der Waals surface area contributed by atoms with Gasteiger partial charge in [-0.05, 0) is 67.7 Å². The van der Waals surface area contributed by atoms with Gasteiger partial charge in [-0.1, -0.05) is 12.1 Å². The average molecular weight is 371 g/mol. The molecule has 1 aliphatic heterocycles. The minimum absolute atomic E-state index is 0. The van der Waals surface area contributed by atoms with E-state index < -0.39 is 11.0 Å². The van der Waals surface area contributed by atoms with Crippen molar-refractivity contribution in [3.63, 3.8) is 0 Å². The number of hydrogen-bond donors (Lipinski definition) is 3. The lowest BCUT2D eigenvalue weighted by atomic mass is 10.2. The van der Waals surface area contributed by atoms with Crippen molar-refractivity contribution in [3.8, 4) is 0 Å². The number of fused-ring (bicyclic) bond motifs is 1. The molecule has 24 heavy (non-hydrogen) atoms. The Bertz CT molecular complexity index is 701. The molecular weight excluding hydrogens is 348 g/mol. The van der Waals surface area contributed by atoms with E-state index in [1.807, 2.05) is 50.4 Å². The van der Waals surface area contributed by atoms with Crippen molar-refractivity contribution < 1.29 is 9.11 Å². The first kappa shape index (κ1) is 18.8. The van der Waals surface area contributed by atoms with Crippen LogP contribution in [-0.4, -0.2) is 34.2 Å². The molecule has 3 rings (SSSR count). The number of para-hydroxylation sites is 2. The lowest BCUT2D eigenvalue weighted by Gasteiger charge is -2.43. The molecule has 0 radical (unpaired) electrons. The molecule has 0 atom stereocenters. The summed E-state index contributed by atoms with van der Waals surface area (Å²) in [4.78, 5) is 4.33. The van der Waals surface area contributed by atoms with E-state index in [9.17, 15) is 9.11 Å². The Morgan fingerprint density at radius 1 is 1.17 bits per heavy atom. The van der Waals surface area contributed by atoms with Crippen molar-refractivity contribution in [1.82, 2.24) is 10.3 Å². The second-order valence-corrected chi connectivity index (χ2v) is 7.31. The van der Waals surface area contributed by atoms with E-state index in [1.54, 1.807) is 14.8 Å². The normalized spacial score (nSPS) is 16.5. The van der Waals surface area contributed by atoms with E-state index in [-0.39, 0.29) is 12.4 Å². The Morgan fingerprint density at radius 2 is 1.88 bits per heavy atom.